The lowest BCUT2D eigenvalue weighted by molar-refractivity contribution is 0.867. The fraction of sp³-hybridized carbons (Fsp3) is 0.188. The smallest absolute Gasteiger partial charge is 0.175 e. The van der Waals surface area contributed by atoms with Gasteiger partial charge >= 0.3 is 0 Å². The van der Waals surface area contributed by atoms with Crippen LogP contribution in [0, 0.1) is 0 Å². The number of thiocarbonyl (C=S) groups is 1. The van der Waals surface area contributed by atoms with Crippen molar-refractivity contribution in [2.24, 2.45) is 0 Å². The summed E-state index contributed by atoms with van der Waals surface area (Å²) in [5, 5.41) is 7.58. The minimum absolute atomic E-state index is 0.457. The third kappa shape index (κ3) is 4.34. The SMILES string of the molecule is CC(C)c1ccc(NC(=S)Nc2cccc(Cl)c2Cl)cc1. The Morgan fingerprint density at radius 2 is 1.67 bits per heavy atom. The van der Waals surface area contributed by atoms with Crippen LogP contribution in [0.1, 0.15) is 25.3 Å². The Labute approximate surface area is 140 Å². The maximum absolute atomic E-state index is 6.11. The fourth-order valence-corrected chi connectivity index (χ4v) is 2.41. The maximum Gasteiger partial charge on any atom is 0.175 e. The molecule has 0 radical (unpaired) electrons. The van der Waals surface area contributed by atoms with Gasteiger partial charge in [-0.1, -0.05) is 55.2 Å². The van der Waals surface area contributed by atoms with Gasteiger partial charge in [-0.15, -0.1) is 0 Å². The van der Waals surface area contributed by atoms with Gasteiger partial charge in [0.2, 0.25) is 0 Å². The molecule has 2 rings (SSSR count). The van der Waals surface area contributed by atoms with E-state index in [1.165, 1.54) is 5.56 Å². The number of rotatable bonds is 3. The molecule has 0 saturated carbocycles. The van der Waals surface area contributed by atoms with Crippen LogP contribution in [-0.2, 0) is 0 Å². The first kappa shape index (κ1) is 16.1. The van der Waals surface area contributed by atoms with Crippen LogP contribution in [0.5, 0.6) is 0 Å². The first-order valence-electron chi connectivity index (χ1n) is 6.59. The summed E-state index contributed by atoms with van der Waals surface area (Å²) in [7, 11) is 0. The largest absolute Gasteiger partial charge is 0.332 e. The summed E-state index contributed by atoms with van der Waals surface area (Å²) in [5.74, 6) is 0.509. The molecule has 110 valence electrons. The summed E-state index contributed by atoms with van der Waals surface area (Å²) in [4.78, 5) is 0. The van der Waals surface area contributed by atoms with Crippen LogP contribution in [-0.4, -0.2) is 5.11 Å². The summed E-state index contributed by atoms with van der Waals surface area (Å²) in [6.45, 7) is 4.32. The van der Waals surface area contributed by atoms with E-state index in [2.05, 4.69) is 36.6 Å². The van der Waals surface area contributed by atoms with Gasteiger partial charge in [0.05, 0.1) is 15.7 Å². The normalized spacial score (nSPS) is 10.5. The topological polar surface area (TPSA) is 24.1 Å². The molecule has 0 saturated heterocycles. The summed E-state index contributed by atoms with van der Waals surface area (Å²) >= 11 is 17.4. The zero-order chi connectivity index (χ0) is 15.4. The van der Waals surface area contributed by atoms with Crippen LogP contribution in [0.25, 0.3) is 0 Å². The first-order chi connectivity index (χ1) is 9.97. The summed E-state index contributed by atoms with van der Waals surface area (Å²) in [6, 6.07) is 13.5. The summed E-state index contributed by atoms with van der Waals surface area (Å²) in [5.41, 5.74) is 2.90. The molecule has 2 aromatic rings. The van der Waals surface area contributed by atoms with Crippen LogP contribution in [0.2, 0.25) is 10.0 Å². The maximum atomic E-state index is 6.11. The Morgan fingerprint density at radius 3 is 2.29 bits per heavy atom. The molecular weight excluding hydrogens is 323 g/mol. The van der Waals surface area contributed by atoms with Gasteiger partial charge < -0.3 is 10.6 Å². The highest BCUT2D eigenvalue weighted by atomic mass is 35.5. The number of halogens is 2. The van der Waals surface area contributed by atoms with E-state index in [9.17, 15) is 0 Å². The average molecular weight is 339 g/mol. The van der Waals surface area contributed by atoms with Gasteiger partial charge in [-0.3, -0.25) is 0 Å². The van der Waals surface area contributed by atoms with Crippen molar-refractivity contribution in [3.8, 4) is 0 Å². The molecule has 0 amide bonds. The zero-order valence-electron chi connectivity index (χ0n) is 11.8. The highest BCUT2D eigenvalue weighted by molar-refractivity contribution is 7.80. The van der Waals surface area contributed by atoms with E-state index >= 15 is 0 Å². The van der Waals surface area contributed by atoms with Gasteiger partial charge in [0, 0.05) is 5.69 Å². The van der Waals surface area contributed by atoms with Gasteiger partial charge in [-0.2, -0.15) is 0 Å². The van der Waals surface area contributed by atoms with Gasteiger partial charge in [-0.05, 0) is 48.0 Å². The molecule has 0 aromatic heterocycles. The quantitative estimate of drug-likeness (QED) is 0.678. The van der Waals surface area contributed by atoms with E-state index in [1.54, 1.807) is 6.07 Å². The minimum Gasteiger partial charge on any atom is -0.332 e. The first-order valence-corrected chi connectivity index (χ1v) is 7.76. The Hall–Kier alpha value is -1.29. The second-order valence-electron chi connectivity index (χ2n) is 4.96. The van der Waals surface area contributed by atoms with Crippen LogP contribution in [0.15, 0.2) is 42.5 Å². The van der Waals surface area contributed by atoms with Gasteiger partial charge in [0.15, 0.2) is 5.11 Å². The van der Waals surface area contributed by atoms with Crippen molar-refractivity contribution < 1.29 is 0 Å². The minimum atomic E-state index is 0.457. The second-order valence-corrected chi connectivity index (χ2v) is 6.15. The van der Waals surface area contributed by atoms with E-state index in [1.807, 2.05) is 24.3 Å². The predicted molar refractivity (Wildman–Crippen MR) is 96.8 cm³/mol. The monoisotopic (exact) mass is 338 g/mol. The highest BCUT2D eigenvalue weighted by Crippen LogP contribution is 2.29. The van der Waals surface area contributed by atoms with E-state index in [4.69, 9.17) is 35.4 Å². The Bertz CT molecular complexity index is 639. The van der Waals surface area contributed by atoms with E-state index in [-0.39, 0.29) is 0 Å². The van der Waals surface area contributed by atoms with Crippen molar-refractivity contribution in [3.63, 3.8) is 0 Å². The van der Waals surface area contributed by atoms with Crippen LogP contribution >= 0.6 is 35.4 Å². The molecule has 0 fully saturated rings. The van der Waals surface area contributed by atoms with Crippen molar-refractivity contribution >= 4 is 51.9 Å². The number of anilines is 2. The third-order valence-electron chi connectivity index (χ3n) is 3.04. The fourth-order valence-electron chi connectivity index (χ4n) is 1.84. The predicted octanol–water partition coefficient (Wildman–Crippen LogP) is 5.93. The van der Waals surface area contributed by atoms with Crippen molar-refractivity contribution in [3.05, 3.63) is 58.1 Å². The van der Waals surface area contributed by atoms with Crippen LogP contribution < -0.4 is 10.6 Å². The zero-order valence-corrected chi connectivity index (χ0v) is 14.1. The molecular formula is C16H16Cl2N2S. The lowest BCUT2D eigenvalue weighted by Gasteiger charge is -2.13. The summed E-state index contributed by atoms with van der Waals surface area (Å²) in [6.07, 6.45) is 0. The van der Waals surface area contributed by atoms with Crippen LogP contribution in [0.4, 0.5) is 11.4 Å². The lowest BCUT2D eigenvalue weighted by Crippen LogP contribution is -2.19. The second kappa shape index (κ2) is 7.12. The molecule has 0 bridgehead atoms. The molecule has 2 aromatic carbocycles. The van der Waals surface area contributed by atoms with Gasteiger partial charge in [-0.25, -0.2) is 0 Å². The van der Waals surface area contributed by atoms with Gasteiger partial charge in [0.25, 0.3) is 0 Å². The molecule has 0 unspecified atom stereocenters. The molecule has 21 heavy (non-hydrogen) atoms. The summed E-state index contributed by atoms with van der Waals surface area (Å²) < 4.78 is 0. The number of benzene rings is 2. The number of nitrogens with one attached hydrogen (secondary N) is 2. The van der Waals surface area contributed by atoms with Crippen molar-refractivity contribution in [2.75, 3.05) is 10.6 Å². The average Bonchev–Trinajstić information content (AvgIpc) is 2.44. The third-order valence-corrected chi connectivity index (χ3v) is 4.06. The molecule has 0 aliphatic rings. The van der Waals surface area contributed by atoms with E-state index in [0.29, 0.717) is 26.8 Å². The molecule has 2 nitrogen and oxygen atoms in total. The lowest BCUT2D eigenvalue weighted by atomic mass is 10.0. The molecule has 5 heteroatoms. The molecule has 0 aliphatic carbocycles. The number of hydrogen-bond acceptors (Lipinski definition) is 1. The Morgan fingerprint density at radius 1 is 1.00 bits per heavy atom. The van der Waals surface area contributed by atoms with Crippen molar-refractivity contribution in [1.82, 2.24) is 0 Å². The van der Waals surface area contributed by atoms with Gasteiger partial charge in [0.1, 0.15) is 0 Å². The van der Waals surface area contributed by atoms with Crippen molar-refractivity contribution in [2.45, 2.75) is 19.8 Å². The highest BCUT2D eigenvalue weighted by Gasteiger charge is 2.06. The van der Waals surface area contributed by atoms with E-state index in [0.717, 1.165) is 5.69 Å². The Kier molecular flexibility index (Phi) is 5.45. The Balaban J connectivity index is 2.03. The molecule has 2 N–H and O–H groups in total. The molecule has 0 atom stereocenters. The molecule has 0 heterocycles. The molecule has 0 aliphatic heterocycles. The standard InChI is InChI=1S/C16H16Cl2N2S/c1-10(2)11-6-8-12(9-7-11)19-16(21)20-14-5-3-4-13(17)15(14)18/h3-10H,1-2H3,(H2,19,20,21). The van der Waals surface area contributed by atoms with Crippen LogP contribution in [0.3, 0.4) is 0 Å². The van der Waals surface area contributed by atoms with Crippen molar-refractivity contribution in [1.29, 1.82) is 0 Å². The number of hydrogen-bond donors (Lipinski definition) is 2. The van der Waals surface area contributed by atoms with E-state index < -0.39 is 0 Å². The molecule has 0 spiro atoms.